The van der Waals surface area contributed by atoms with E-state index in [1.807, 2.05) is 54.7 Å². The summed E-state index contributed by atoms with van der Waals surface area (Å²) in [5.74, 6) is 1.63. The predicted molar refractivity (Wildman–Crippen MR) is 97.8 cm³/mol. The summed E-state index contributed by atoms with van der Waals surface area (Å²) in [4.78, 5) is 7.95. The number of aromatic nitrogens is 2. The molecule has 4 nitrogen and oxygen atoms in total. The molecule has 2 heterocycles. The van der Waals surface area contributed by atoms with E-state index in [1.54, 1.807) is 7.11 Å². The van der Waals surface area contributed by atoms with Gasteiger partial charge < -0.3 is 15.0 Å². The second-order valence-electron chi connectivity index (χ2n) is 5.56. The van der Waals surface area contributed by atoms with Crippen LogP contribution in [-0.4, -0.2) is 17.1 Å². The van der Waals surface area contributed by atoms with Crippen LogP contribution in [0.2, 0.25) is 0 Å². The van der Waals surface area contributed by atoms with Gasteiger partial charge in [0, 0.05) is 29.0 Å². The summed E-state index contributed by atoms with van der Waals surface area (Å²) in [6, 6.07) is 22.2. The third kappa shape index (κ3) is 2.82. The smallest absolute Gasteiger partial charge is 0.132 e. The summed E-state index contributed by atoms with van der Waals surface area (Å²) in [5, 5.41) is 4.40. The van der Waals surface area contributed by atoms with Crippen molar-refractivity contribution in [1.82, 2.24) is 9.97 Å². The summed E-state index contributed by atoms with van der Waals surface area (Å²) in [6.07, 6.45) is 1.88. The molecule has 0 spiro atoms. The summed E-state index contributed by atoms with van der Waals surface area (Å²) in [6.45, 7) is 0. The molecular weight excluding hydrogens is 298 g/mol. The van der Waals surface area contributed by atoms with Crippen molar-refractivity contribution in [2.24, 2.45) is 0 Å². The largest absolute Gasteiger partial charge is 0.497 e. The molecule has 2 aromatic carbocycles. The zero-order valence-electron chi connectivity index (χ0n) is 13.3. The van der Waals surface area contributed by atoms with Gasteiger partial charge in [0.1, 0.15) is 11.6 Å². The van der Waals surface area contributed by atoms with Crippen LogP contribution in [0.4, 0.5) is 11.5 Å². The number of pyridine rings is 1. The molecule has 0 amide bonds. The minimum absolute atomic E-state index is 0.800. The molecule has 2 N–H and O–H groups in total. The van der Waals surface area contributed by atoms with Gasteiger partial charge in [-0.2, -0.15) is 0 Å². The number of benzene rings is 2. The quantitative estimate of drug-likeness (QED) is 0.558. The molecule has 2 aromatic heterocycles. The first-order valence-corrected chi connectivity index (χ1v) is 7.77. The number of fused-ring (bicyclic) bond motifs is 1. The monoisotopic (exact) mass is 315 g/mol. The van der Waals surface area contributed by atoms with E-state index >= 15 is 0 Å². The zero-order valence-corrected chi connectivity index (χ0v) is 13.3. The maximum Gasteiger partial charge on any atom is 0.132 e. The van der Waals surface area contributed by atoms with Crippen molar-refractivity contribution in [1.29, 1.82) is 0 Å². The maximum absolute atomic E-state index is 5.17. The standard InChI is InChI=1S/C20H17N3O/c1-24-17-9-7-16(8-10-17)22-20-12-19-15(13-21-20)11-18(23-19)14-5-3-2-4-6-14/h2-13,23H,1H3,(H,21,22). The molecule has 0 aliphatic rings. The number of anilines is 2. The summed E-state index contributed by atoms with van der Waals surface area (Å²) < 4.78 is 5.17. The van der Waals surface area contributed by atoms with Gasteiger partial charge in [0.25, 0.3) is 0 Å². The molecule has 0 aliphatic carbocycles. The minimum atomic E-state index is 0.800. The Balaban J connectivity index is 1.63. The maximum atomic E-state index is 5.17. The molecule has 118 valence electrons. The van der Waals surface area contributed by atoms with Gasteiger partial charge >= 0.3 is 0 Å². The lowest BCUT2D eigenvalue weighted by Gasteiger charge is -2.06. The lowest BCUT2D eigenvalue weighted by molar-refractivity contribution is 0.415. The molecule has 0 saturated heterocycles. The van der Waals surface area contributed by atoms with Crippen molar-refractivity contribution in [2.75, 3.05) is 12.4 Å². The van der Waals surface area contributed by atoms with Gasteiger partial charge in [-0.3, -0.25) is 0 Å². The molecule has 4 aromatic rings. The molecule has 0 saturated carbocycles. The Morgan fingerprint density at radius 1 is 0.958 bits per heavy atom. The minimum Gasteiger partial charge on any atom is -0.497 e. The topological polar surface area (TPSA) is 49.9 Å². The fourth-order valence-electron chi connectivity index (χ4n) is 2.69. The predicted octanol–water partition coefficient (Wildman–Crippen LogP) is 4.98. The van der Waals surface area contributed by atoms with E-state index in [2.05, 4.69) is 33.5 Å². The molecule has 0 bridgehead atoms. The number of hydrogen-bond donors (Lipinski definition) is 2. The number of nitrogens with zero attached hydrogens (tertiary/aromatic N) is 1. The number of aromatic amines is 1. The summed E-state index contributed by atoms with van der Waals surface area (Å²) in [7, 11) is 1.66. The Bertz CT molecular complexity index is 959. The Kier molecular flexibility index (Phi) is 3.63. The Morgan fingerprint density at radius 3 is 2.50 bits per heavy atom. The molecule has 0 radical (unpaired) electrons. The Hall–Kier alpha value is -3.27. The average molecular weight is 315 g/mol. The van der Waals surface area contributed by atoms with E-state index in [9.17, 15) is 0 Å². The first-order valence-electron chi connectivity index (χ1n) is 7.77. The highest BCUT2D eigenvalue weighted by Gasteiger charge is 2.05. The van der Waals surface area contributed by atoms with E-state index in [0.717, 1.165) is 33.9 Å². The Morgan fingerprint density at radius 2 is 1.75 bits per heavy atom. The van der Waals surface area contributed by atoms with Gasteiger partial charge in [0.05, 0.1) is 12.6 Å². The molecule has 24 heavy (non-hydrogen) atoms. The fraction of sp³-hybridized carbons (Fsp3) is 0.0500. The van der Waals surface area contributed by atoms with E-state index in [4.69, 9.17) is 4.74 Å². The summed E-state index contributed by atoms with van der Waals surface area (Å²) >= 11 is 0. The number of ether oxygens (including phenoxy) is 1. The highest BCUT2D eigenvalue weighted by Crippen LogP contribution is 2.26. The third-order valence-corrected chi connectivity index (χ3v) is 3.95. The van der Waals surface area contributed by atoms with Crippen molar-refractivity contribution in [3.63, 3.8) is 0 Å². The van der Waals surface area contributed by atoms with Gasteiger partial charge in [-0.1, -0.05) is 30.3 Å². The average Bonchev–Trinajstić information content (AvgIpc) is 3.06. The first-order chi connectivity index (χ1) is 11.8. The van der Waals surface area contributed by atoms with Gasteiger partial charge in [0.15, 0.2) is 0 Å². The van der Waals surface area contributed by atoms with Gasteiger partial charge in [0.2, 0.25) is 0 Å². The van der Waals surface area contributed by atoms with E-state index in [0.29, 0.717) is 0 Å². The highest BCUT2D eigenvalue weighted by molar-refractivity contribution is 5.87. The zero-order chi connectivity index (χ0) is 16.4. The van der Waals surface area contributed by atoms with Gasteiger partial charge in [-0.15, -0.1) is 0 Å². The third-order valence-electron chi connectivity index (χ3n) is 3.95. The normalized spacial score (nSPS) is 10.7. The second kappa shape index (κ2) is 6.08. The number of nitrogens with one attached hydrogen (secondary N) is 2. The lowest BCUT2D eigenvalue weighted by atomic mass is 10.1. The van der Waals surface area contributed by atoms with E-state index in [1.165, 1.54) is 5.56 Å². The number of rotatable bonds is 4. The van der Waals surface area contributed by atoms with Crippen LogP contribution in [0.5, 0.6) is 5.75 Å². The molecule has 0 atom stereocenters. The van der Waals surface area contributed by atoms with Gasteiger partial charge in [-0.25, -0.2) is 4.98 Å². The van der Waals surface area contributed by atoms with E-state index < -0.39 is 0 Å². The summed E-state index contributed by atoms with van der Waals surface area (Å²) in [5.41, 5.74) is 4.28. The van der Waals surface area contributed by atoms with Crippen molar-refractivity contribution in [2.45, 2.75) is 0 Å². The van der Waals surface area contributed by atoms with Crippen LogP contribution in [0.25, 0.3) is 22.2 Å². The van der Waals surface area contributed by atoms with Crippen molar-refractivity contribution >= 4 is 22.4 Å². The van der Waals surface area contributed by atoms with Crippen LogP contribution in [0.15, 0.2) is 72.9 Å². The van der Waals surface area contributed by atoms with Crippen LogP contribution in [0.3, 0.4) is 0 Å². The molecule has 4 heteroatoms. The van der Waals surface area contributed by atoms with Crippen molar-refractivity contribution < 1.29 is 4.74 Å². The molecule has 0 aliphatic heterocycles. The van der Waals surface area contributed by atoms with Crippen LogP contribution >= 0.6 is 0 Å². The SMILES string of the molecule is COc1ccc(Nc2cc3[nH]c(-c4ccccc4)cc3cn2)cc1. The van der Waals surface area contributed by atoms with Gasteiger partial charge in [-0.05, 0) is 35.9 Å². The molecule has 4 rings (SSSR count). The number of hydrogen-bond acceptors (Lipinski definition) is 3. The second-order valence-corrected chi connectivity index (χ2v) is 5.56. The lowest BCUT2D eigenvalue weighted by Crippen LogP contribution is -1.93. The first kappa shape index (κ1) is 14.3. The number of methoxy groups -OCH3 is 1. The van der Waals surface area contributed by atoms with Crippen molar-refractivity contribution in [3.8, 4) is 17.0 Å². The van der Waals surface area contributed by atoms with Crippen LogP contribution < -0.4 is 10.1 Å². The number of H-pyrrole nitrogens is 1. The molecule has 0 unspecified atom stereocenters. The molecular formula is C20H17N3O. The fourth-order valence-corrected chi connectivity index (χ4v) is 2.69. The van der Waals surface area contributed by atoms with Crippen LogP contribution in [0, 0.1) is 0 Å². The van der Waals surface area contributed by atoms with Crippen molar-refractivity contribution in [3.05, 3.63) is 72.9 Å². The Labute approximate surface area is 140 Å². The van der Waals surface area contributed by atoms with Crippen LogP contribution in [0.1, 0.15) is 0 Å². The highest BCUT2D eigenvalue weighted by atomic mass is 16.5. The van der Waals surface area contributed by atoms with Crippen LogP contribution in [-0.2, 0) is 0 Å². The molecule has 0 fully saturated rings. The van der Waals surface area contributed by atoms with E-state index in [-0.39, 0.29) is 0 Å².